The van der Waals surface area contributed by atoms with Crippen molar-refractivity contribution in [3.8, 4) is 0 Å². The fourth-order valence-corrected chi connectivity index (χ4v) is 1.07. The number of halogens is 6. The van der Waals surface area contributed by atoms with Gasteiger partial charge in [-0.05, 0) is 0 Å². The largest absolute Gasteiger partial charge is 0.335 e. The van der Waals surface area contributed by atoms with Crippen molar-refractivity contribution in [3.63, 3.8) is 0 Å². The van der Waals surface area contributed by atoms with Gasteiger partial charge in [0, 0.05) is 0 Å². The number of hydrogen-bond acceptors (Lipinski definition) is 0. The highest BCUT2D eigenvalue weighted by atomic mass is 35.5. The van der Waals surface area contributed by atoms with Crippen LogP contribution in [0.25, 0.3) is 0 Å². The Bertz CT molecular complexity index is 112. The molecule has 0 amide bonds. The summed E-state index contributed by atoms with van der Waals surface area (Å²) in [6.45, 7) is 0. The summed E-state index contributed by atoms with van der Waals surface area (Å²) in [5, 5.41) is -3.29. The van der Waals surface area contributed by atoms with E-state index < -0.39 is 15.4 Å². The first-order chi connectivity index (χ1) is 3.75. The van der Waals surface area contributed by atoms with Crippen LogP contribution in [0.5, 0.6) is 0 Å². The SMILES string of the molecule is FC1(F)C(F)(Cl)C1(Cl)Cl. The molecule has 0 saturated heterocycles. The van der Waals surface area contributed by atoms with Crippen LogP contribution in [0.15, 0.2) is 0 Å². The Labute approximate surface area is 63.9 Å². The summed E-state index contributed by atoms with van der Waals surface area (Å²) in [4.78, 5) is 0. The lowest BCUT2D eigenvalue weighted by Crippen LogP contribution is -2.01. The molecule has 0 N–H and O–H groups in total. The van der Waals surface area contributed by atoms with Crippen molar-refractivity contribution in [2.45, 2.75) is 15.4 Å². The normalized spacial score (nSPS) is 44.7. The summed E-state index contributed by atoms with van der Waals surface area (Å²) in [7, 11) is 0. The Balaban J connectivity index is 2.91. The van der Waals surface area contributed by atoms with Gasteiger partial charge in [0.1, 0.15) is 0 Å². The summed E-state index contributed by atoms with van der Waals surface area (Å²) in [6.07, 6.45) is 0. The second-order valence-electron chi connectivity index (χ2n) is 1.72. The van der Waals surface area contributed by atoms with Crippen molar-refractivity contribution in [2.24, 2.45) is 0 Å². The molecule has 1 atom stereocenters. The van der Waals surface area contributed by atoms with Crippen LogP contribution in [-0.4, -0.2) is 15.4 Å². The third-order valence-electron chi connectivity index (χ3n) is 1.12. The third kappa shape index (κ3) is 0.583. The van der Waals surface area contributed by atoms with Crippen LogP contribution in [0.1, 0.15) is 0 Å². The minimum atomic E-state index is -3.83. The van der Waals surface area contributed by atoms with E-state index in [1.54, 1.807) is 0 Å². The van der Waals surface area contributed by atoms with Crippen LogP contribution in [0.3, 0.4) is 0 Å². The maximum Gasteiger partial charge on any atom is 0.335 e. The predicted molar refractivity (Wildman–Crippen MR) is 29.1 cm³/mol. The number of alkyl halides is 6. The van der Waals surface area contributed by atoms with E-state index in [-0.39, 0.29) is 0 Å². The van der Waals surface area contributed by atoms with Crippen LogP contribution in [-0.2, 0) is 0 Å². The van der Waals surface area contributed by atoms with Gasteiger partial charge in [-0.15, -0.1) is 0 Å². The van der Waals surface area contributed by atoms with Crippen molar-refractivity contribution >= 4 is 34.8 Å². The molecule has 0 aromatic heterocycles. The maximum atomic E-state index is 12.1. The molecule has 1 fully saturated rings. The van der Waals surface area contributed by atoms with Gasteiger partial charge in [-0.1, -0.05) is 34.8 Å². The van der Waals surface area contributed by atoms with E-state index in [1.165, 1.54) is 0 Å². The summed E-state index contributed by atoms with van der Waals surface area (Å²) in [5.41, 5.74) is 0. The molecule has 0 heterocycles. The van der Waals surface area contributed by atoms with Crippen LogP contribution in [0.2, 0.25) is 0 Å². The monoisotopic (exact) mass is 198 g/mol. The smallest absolute Gasteiger partial charge is 0.216 e. The first kappa shape index (κ1) is 7.76. The molecule has 1 saturated carbocycles. The molecule has 1 rings (SSSR count). The molecule has 1 aliphatic rings. The Kier molecular flexibility index (Phi) is 1.26. The number of hydrogen-bond donors (Lipinski definition) is 0. The van der Waals surface area contributed by atoms with Crippen molar-refractivity contribution in [1.29, 1.82) is 0 Å². The Morgan fingerprint density at radius 2 is 1.00 bits per heavy atom. The zero-order valence-corrected chi connectivity index (χ0v) is 6.04. The van der Waals surface area contributed by atoms with Crippen LogP contribution in [0, 0.1) is 0 Å². The second-order valence-corrected chi connectivity index (χ2v) is 3.57. The fourth-order valence-electron chi connectivity index (χ4n) is 0.356. The summed E-state index contributed by atoms with van der Waals surface area (Å²) in [5.74, 6) is -3.83. The molecule has 0 spiro atoms. The van der Waals surface area contributed by atoms with E-state index in [2.05, 4.69) is 11.6 Å². The molecule has 1 aliphatic carbocycles. The van der Waals surface area contributed by atoms with Gasteiger partial charge < -0.3 is 0 Å². The molecule has 0 nitrogen and oxygen atoms in total. The lowest BCUT2D eigenvalue weighted by atomic mass is 10.8. The highest BCUT2D eigenvalue weighted by Crippen LogP contribution is 2.73. The molecule has 9 heavy (non-hydrogen) atoms. The average Bonchev–Trinajstić information content (AvgIpc) is 1.84. The molecule has 0 aliphatic heterocycles. The minimum Gasteiger partial charge on any atom is -0.216 e. The molecule has 0 bridgehead atoms. The molecule has 0 aromatic rings. The second kappa shape index (κ2) is 1.46. The molecular formula is C3Cl3F3. The van der Waals surface area contributed by atoms with Gasteiger partial charge in [0.05, 0.1) is 0 Å². The molecular weight excluding hydrogens is 199 g/mol. The van der Waals surface area contributed by atoms with Crippen molar-refractivity contribution in [3.05, 3.63) is 0 Å². The van der Waals surface area contributed by atoms with E-state index in [9.17, 15) is 13.2 Å². The zero-order valence-electron chi connectivity index (χ0n) is 3.77. The van der Waals surface area contributed by atoms with Crippen LogP contribution < -0.4 is 0 Å². The van der Waals surface area contributed by atoms with Gasteiger partial charge >= 0.3 is 5.92 Å². The maximum absolute atomic E-state index is 12.1. The van der Waals surface area contributed by atoms with Crippen molar-refractivity contribution < 1.29 is 13.2 Å². The molecule has 0 aromatic carbocycles. The van der Waals surface area contributed by atoms with Crippen LogP contribution in [0.4, 0.5) is 13.2 Å². The van der Waals surface area contributed by atoms with Gasteiger partial charge in [0.15, 0.2) is 0 Å². The summed E-state index contributed by atoms with van der Waals surface area (Å²) in [6, 6.07) is 0. The van der Waals surface area contributed by atoms with E-state index in [1.807, 2.05) is 0 Å². The molecule has 6 heteroatoms. The van der Waals surface area contributed by atoms with Gasteiger partial charge in [-0.3, -0.25) is 0 Å². The highest BCUT2D eigenvalue weighted by Gasteiger charge is 2.94. The summed E-state index contributed by atoms with van der Waals surface area (Å²) < 4.78 is 33.2. The van der Waals surface area contributed by atoms with Crippen molar-refractivity contribution in [2.75, 3.05) is 0 Å². The zero-order chi connectivity index (χ0) is 7.50. The Morgan fingerprint density at radius 3 is 1.00 bits per heavy atom. The minimum absolute atomic E-state index is 2.75. The van der Waals surface area contributed by atoms with Gasteiger partial charge in [-0.25, -0.2) is 4.39 Å². The fraction of sp³-hybridized carbons (Fsp3) is 1.00. The Morgan fingerprint density at radius 1 is 0.889 bits per heavy atom. The molecule has 1 unspecified atom stereocenters. The van der Waals surface area contributed by atoms with Crippen molar-refractivity contribution in [1.82, 2.24) is 0 Å². The van der Waals surface area contributed by atoms with Gasteiger partial charge in [-0.2, -0.15) is 8.78 Å². The van der Waals surface area contributed by atoms with Gasteiger partial charge in [0.2, 0.25) is 4.33 Å². The van der Waals surface area contributed by atoms with E-state index in [0.717, 1.165) is 0 Å². The standard InChI is InChI=1S/C3Cl3F3/c4-1(5)2(6,7)3(1,8)9. The van der Waals surface area contributed by atoms with E-state index in [4.69, 9.17) is 23.2 Å². The number of rotatable bonds is 0. The first-order valence-corrected chi connectivity index (χ1v) is 3.02. The lowest BCUT2D eigenvalue weighted by Gasteiger charge is -1.87. The lowest BCUT2D eigenvalue weighted by molar-refractivity contribution is 0.0730. The summed E-state index contributed by atoms with van der Waals surface area (Å²) >= 11 is 14.0. The predicted octanol–water partition coefficient (Wildman–Crippen LogP) is 2.71. The van der Waals surface area contributed by atoms with E-state index in [0.29, 0.717) is 0 Å². The first-order valence-electron chi connectivity index (χ1n) is 1.88. The molecule has 0 radical (unpaired) electrons. The quantitative estimate of drug-likeness (QED) is 0.526. The highest BCUT2D eigenvalue weighted by molar-refractivity contribution is 6.59. The Hall–Kier alpha value is 0.660. The van der Waals surface area contributed by atoms with Gasteiger partial charge in [0.25, 0.3) is 5.13 Å². The van der Waals surface area contributed by atoms with Crippen LogP contribution >= 0.6 is 34.8 Å². The third-order valence-corrected chi connectivity index (χ3v) is 2.83. The average molecular weight is 199 g/mol. The van der Waals surface area contributed by atoms with E-state index >= 15 is 0 Å². The topological polar surface area (TPSA) is 0 Å². The molecule has 54 valence electrons.